The van der Waals surface area contributed by atoms with Gasteiger partial charge in [-0.15, -0.1) is 6.58 Å². The Morgan fingerprint density at radius 3 is 2.23 bits per heavy atom. The summed E-state index contributed by atoms with van der Waals surface area (Å²) in [6, 6.07) is 40.7. The van der Waals surface area contributed by atoms with Crippen molar-refractivity contribution in [1.29, 1.82) is 0 Å². The van der Waals surface area contributed by atoms with Gasteiger partial charge in [0, 0.05) is 48.6 Å². The van der Waals surface area contributed by atoms with Gasteiger partial charge in [0.2, 0.25) is 0 Å². The molecule has 12 heteroatoms. The molecule has 6 aromatic carbocycles. The fourth-order valence-corrected chi connectivity index (χ4v) is 8.41. The largest absolute Gasteiger partial charge is 0.493 e. The van der Waals surface area contributed by atoms with Gasteiger partial charge in [0.05, 0.1) is 36.5 Å². The second-order valence-corrected chi connectivity index (χ2v) is 15.7. The summed E-state index contributed by atoms with van der Waals surface area (Å²) >= 11 is 0. The quantitative estimate of drug-likeness (QED) is 0.0620. The Bertz CT molecular complexity index is 2840. The Morgan fingerprint density at radius 2 is 1.51 bits per heavy atom. The summed E-state index contributed by atoms with van der Waals surface area (Å²) in [5.74, 6) is -0.749. The van der Waals surface area contributed by atoms with E-state index in [-0.39, 0.29) is 48.8 Å². The Kier molecular flexibility index (Phi) is 13.0. The van der Waals surface area contributed by atoms with Crippen LogP contribution in [0.25, 0.3) is 33.2 Å². The molecule has 1 aromatic heterocycles. The van der Waals surface area contributed by atoms with E-state index in [0.717, 1.165) is 34.0 Å². The molecule has 3 atom stereocenters. The Hall–Kier alpha value is -7.44. The molecule has 0 fully saturated rings. The molecule has 0 saturated heterocycles. The second-order valence-electron chi connectivity index (χ2n) is 15.7. The molecule has 1 aliphatic heterocycles. The normalized spacial score (nSPS) is 15.0. The van der Waals surface area contributed by atoms with E-state index in [9.17, 15) is 23.1 Å². The molecule has 0 bridgehead atoms. The first-order valence-corrected chi connectivity index (χ1v) is 21.1. The van der Waals surface area contributed by atoms with E-state index in [1.54, 1.807) is 70.5 Å². The summed E-state index contributed by atoms with van der Waals surface area (Å²) < 4.78 is 59.8. The minimum absolute atomic E-state index is 0.0876. The molecule has 2 heterocycles. The van der Waals surface area contributed by atoms with E-state index < -0.39 is 47.7 Å². The Labute approximate surface area is 373 Å². The fraction of sp³-hybridized carbons (Fsp3) is 0.189. The lowest BCUT2D eigenvalue weighted by atomic mass is 9.93. The predicted octanol–water partition coefficient (Wildman–Crippen LogP) is 11.5. The third-order valence-electron chi connectivity index (χ3n) is 11.4. The van der Waals surface area contributed by atoms with Gasteiger partial charge in [-0.2, -0.15) is 13.2 Å². The molecule has 0 aliphatic carbocycles. The maximum absolute atomic E-state index is 15.4. The van der Waals surface area contributed by atoms with Crippen molar-refractivity contribution in [1.82, 2.24) is 4.90 Å². The van der Waals surface area contributed by atoms with Crippen molar-refractivity contribution in [2.45, 2.75) is 50.7 Å². The number of benzene rings is 6. The lowest BCUT2D eigenvalue weighted by Gasteiger charge is -2.39. The standard InChI is InChI=1S/C53H45F3N2O7/c1-3-11-48(64-34(2)60)50-49(45-32-43(63-29-10-28-59)24-26-46(45)58(50)52(62)41-23-20-36-14-7-8-15-39(36)30-41)57(51(61)38-21-18-37(19-22-38)35-12-5-4-6-13-35)33-44-25-27-47(65-44)40-16-9-17-42(31-40)53(54,55)56/h3-9,12-27,30-32,48-50,59H,1,10-11,28-29,33H2,2H3/t48?,49-,50+/m0/s1. The highest BCUT2D eigenvalue weighted by molar-refractivity contribution is 6.10. The average molecular weight is 879 g/mol. The lowest BCUT2D eigenvalue weighted by Crippen LogP contribution is -2.52. The van der Waals surface area contributed by atoms with Crippen LogP contribution >= 0.6 is 0 Å². The summed E-state index contributed by atoms with van der Waals surface area (Å²) in [5, 5.41) is 11.3. The molecule has 7 aromatic rings. The fourth-order valence-electron chi connectivity index (χ4n) is 8.41. The monoisotopic (exact) mass is 878 g/mol. The highest BCUT2D eigenvalue weighted by atomic mass is 19.4. The highest BCUT2D eigenvalue weighted by Crippen LogP contribution is 2.49. The first-order valence-electron chi connectivity index (χ1n) is 21.1. The van der Waals surface area contributed by atoms with Crippen molar-refractivity contribution in [2.24, 2.45) is 0 Å². The van der Waals surface area contributed by atoms with E-state index in [1.807, 2.05) is 72.8 Å². The summed E-state index contributed by atoms with van der Waals surface area (Å²) in [4.78, 5) is 46.8. The number of furan rings is 1. The van der Waals surface area contributed by atoms with Crippen molar-refractivity contribution in [3.8, 4) is 28.2 Å². The van der Waals surface area contributed by atoms with Crippen LogP contribution in [0, 0.1) is 0 Å². The predicted molar refractivity (Wildman–Crippen MR) is 242 cm³/mol. The van der Waals surface area contributed by atoms with Crippen LogP contribution in [0.1, 0.15) is 63.4 Å². The SMILES string of the molecule is C=CCC(OC(C)=O)[C@@H]1[C@@H](N(Cc2ccc(-c3cccc(C(F)(F)F)c3)o2)C(=O)c2ccc(-c3ccccc3)cc2)c2cc(OCCCO)ccc2N1C(=O)c1ccc2ccccc2c1. The summed E-state index contributed by atoms with van der Waals surface area (Å²) in [6.45, 7) is 5.06. The van der Waals surface area contributed by atoms with E-state index in [1.165, 1.54) is 19.1 Å². The van der Waals surface area contributed by atoms with Gasteiger partial charge in [-0.3, -0.25) is 19.3 Å². The molecule has 2 amide bonds. The maximum Gasteiger partial charge on any atom is 0.416 e. The number of ether oxygens (including phenoxy) is 2. The van der Waals surface area contributed by atoms with Crippen LogP contribution in [0.5, 0.6) is 5.75 Å². The maximum atomic E-state index is 15.4. The lowest BCUT2D eigenvalue weighted by molar-refractivity contribution is -0.148. The molecule has 1 unspecified atom stereocenters. The van der Waals surface area contributed by atoms with Crippen LogP contribution in [0.4, 0.5) is 18.9 Å². The number of esters is 1. The smallest absolute Gasteiger partial charge is 0.416 e. The number of rotatable bonds is 15. The first-order chi connectivity index (χ1) is 31.4. The van der Waals surface area contributed by atoms with Gasteiger partial charge in [0.25, 0.3) is 11.8 Å². The third kappa shape index (κ3) is 9.58. The number of hydrogen-bond acceptors (Lipinski definition) is 7. The minimum atomic E-state index is -4.59. The molecule has 65 heavy (non-hydrogen) atoms. The highest BCUT2D eigenvalue weighted by Gasteiger charge is 2.51. The van der Waals surface area contributed by atoms with Crippen molar-refractivity contribution in [3.05, 3.63) is 192 Å². The van der Waals surface area contributed by atoms with E-state index in [0.29, 0.717) is 29.0 Å². The molecular formula is C53H45F3N2O7. The molecule has 1 N–H and O–H groups in total. The topological polar surface area (TPSA) is 110 Å². The zero-order valence-corrected chi connectivity index (χ0v) is 35.4. The molecule has 8 rings (SSSR count). The van der Waals surface area contributed by atoms with E-state index >= 15 is 9.59 Å². The number of amides is 2. The van der Waals surface area contributed by atoms with Crippen molar-refractivity contribution < 1.29 is 46.6 Å². The molecule has 0 radical (unpaired) electrons. The van der Waals surface area contributed by atoms with Crippen molar-refractivity contribution in [3.63, 3.8) is 0 Å². The second kappa shape index (κ2) is 19.1. The van der Waals surface area contributed by atoms with Crippen LogP contribution < -0.4 is 9.64 Å². The molecule has 1 aliphatic rings. The Balaban J connectivity index is 1.31. The van der Waals surface area contributed by atoms with E-state index in [4.69, 9.17) is 13.9 Å². The van der Waals surface area contributed by atoms with Gasteiger partial charge in [0.15, 0.2) is 0 Å². The van der Waals surface area contributed by atoms with Crippen LogP contribution in [0.15, 0.2) is 169 Å². The summed E-state index contributed by atoms with van der Waals surface area (Å²) in [6.07, 6.45) is -3.61. The zero-order valence-electron chi connectivity index (χ0n) is 35.4. The number of alkyl halides is 3. The van der Waals surface area contributed by atoms with Gasteiger partial charge in [-0.25, -0.2) is 0 Å². The van der Waals surface area contributed by atoms with Crippen molar-refractivity contribution in [2.75, 3.05) is 18.1 Å². The number of aliphatic hydroxyl groups is 1. The summed E-state index contributed by atoms with van der Waals surface area (Å²) in [7, 11) is 0. The third-order valence-corrected chi connectivity index (χ3v) is 11.4. The van der Waals surface area contributed by atoms with Gasteiger partial charge >= 0.3 is 12.1 Å². The number of hydrogen-bond donors (Lipinski definition) is 1. The Morgan fingerprint density at radius 1 is 0.800 bits per heavy atom. The van der Waals surface area contributed by atoms with Crippen LogP contribution in [0.3, 0.4) is 0 Å². The molecule has 9 nitrogen and oxygen atoms in total. The van der Waals surface area contributed by atoms with Gasteiger partial charge in [0.1, 0.15) is 23.4 Å². The number of aliphatic hydroxyl groups excluding tert-OH is 1. The number of carbonyl (C=O) groups is 3. The molecule has 0 saturated carbocycles. The van der Waals surface area contributed by atoms with Gasteiger partial charge in [-0.1, -0.05) is 91.0 Å². The van der Waals surface area contributed by atoms with Crippen LogP contribution in [-0.2, 0) is 22.3 Å². The molecular weight excluding hydrogens is 834 g/mol. The van der Waals surface area contributed by atoms with E-state index in [2.05, 4.69) is 6.58 Å². The number of carbonyl (C=O) groups excluding carboxylic acids is 3. The van der Waals surface area contributed by atoms with Gasteiger partial charge < -0.3 is 23.9 Å². The average Bonchev–Trinajstić information content (AvgIpc) is 3.93. The zero-order chi connectivity index (χ0) is 45.7. The number of nitrogens with zero attached hydrogens (tertiary/aromatic N) is 2. The minimum Gasteiger partial charge on any atom is -0.493 e. The number of halogens is 3. The van der Waals surface area contributed by atoms with Crippen molar-refractivity contribution >= 4 is 34.2 Å². The molecule has 0 spiro atoms. The van der Waals surface area contributed by atoms with Gasteiger partial charge in [-0.05, 0) is 88.6 Å². The van der Waals surface area contributed by atoms with Crippen LogP contribution in [0.2, 0.25) is 0 Å². The molecule has 330 valence electrons. The first kappa shape index (κ1) is 44.2. The number of fused-ring (bicyclic) bond motifs is 2. The number of anilines is 1. The summed E-state index contributed by atoms with van der Waals surface area (Å²) in [5.41, 5.74) is 2.69. The van der Waals surface area contributed by atoms with Crippen LogP contribution in [-0.4, -0.2) is 53.1 Å².